The first-order valence-corrected chi connectivity index (χ1v) is 5.80. The highest BCUT2D eigenvalue weighted by molar-refractivity contribution is 5.32. The summed E-state index contributed by atoms with van der Waals surface area (Å²) in [6, 6.07) is 7.99. The van der Waals surface area contributed by atoms with E-state index in [1.807, 2.05) is 38.4 Å². The largest absolute Gasteiger partial charge is 0.497 e. The van der Waals surface area contributed by atoms with E-state index in [0.717, 1.165) is 17.9 Å². The van der Waals surface area contributed by atoms with Crippen LogP contribution in [-0.2, 0) is 0 Å². The molecule has 4 heteroatoms. The van der Waals surface area contributed by atoms with Crippen molar-refractivity contribution in [3.8, 4) is 11.5 Å². The molecule has 4 nitrogen and oxygen atoms in total. The van der Waals surface area contributed by atoms with Gasteiger partial charge in [0, 0.05) is 18.7 Å². The van der Waals surface area contributed by atoms with E-state index in [0.29, 0.717) is 19.2 Å². The van der Waals surface area contributed by atoms with Gasteiger partial charge in [-0.05, 0) is 32.6 Å². The Labute approximate surface area is 103 Å². The molecular formula is C13H22N2O2. The van der Waals surface area contributed by atoms with Crippen molar-refractivity contribution in [2.75, 3.05) is 34.4 Å². The third-order valence-electron chi connectivity index (χ3n) is 2.76. The fraction of sp³-hybridized carbons (Fsp3) is 0.538. The van der Waals surface area contributed by atoms with Gasteiger partial charge in [-0.15, -0.1) is 0 Å². The second-order valence-corrected chi connectivity index (χ2v) is 4.17. The molecule has 1 atom stereocenters. The number of nitrogens with two attached hydrogens (primary N) is 1. The Kier molecular flexibility index (Phi) is 5.80. The molecule has 0 radical (unpaired) electrons. The predicted molar refractivity (Wildman–Crippen MR) is 69.6 cm³/mol. The molecule has 2 N–H and O–H groups in total. The summed E-state index contributed by atoms with van der Waals surface area (Å²) in [5.74, 6) is 1.64. The van der Waals surface area contributed by atoms with E-state index in [1.165, 1.54) is 0 Å². The molecule has 17 heavy (non-hydrogen) atoms. The van der Waals surface area contributed by atoms with Gasteiger partial charge in [0.05, 0.1) is 13.7 Å². The first kappa shape index (κ1) is 13.8. The van der Waals surface area contributed by atoms with Crippen molar-refractivity contribution >= 4 is 0 Å². The number of ether oxygens (including phenoxy) is 2. The predicted octanol–water partition coefficient (Wildman–Crippen LogP) is 1.35. The van der Waals surface area contributed by atoms with Crippen LogP contribution in [0, 0.1) is 0 Å². The van der Waals surface area contributed by atoms with Gasteiger partial charge in [0.2, 0.25) is 0 Å². The zero-order valence-corrected chi connectivity index (χ0v) is 10.8. The van der Waals surface area contributed by atoms with Crippen molar-refractivity contribution in [1.82, 2.24) is 4.90 Å². The number of rotatable bonds is 7. The number of benzene rings is 1. The summed E-state index contributed by atoms with van der Waals surface area (Å²) in [6.45, 7) is 1.31. The molecule has 0 aromatic heterocycles. The highest BCUT2D eigenvalue weighted by Crippen LogP contribution is 2.19. The second kappa shape index (κ2) is 7.14. The van der Waals surface area contributed by atoms with Crippen molar-refractivity contribution in [3.63, 3.8) is 0 Å². The number of hydrogen-bond donors (Lipinski definition) is 1. The summed E-state index contributed by atoms with van der Waals surface area (Å²) in [4.78, 5) is 2.12. The summed E-state index contributed by atoms with van der Waals surface area (Å²) in [5.41, 5.74) is 5.68. The minimum atomic E-state index is 0.362. The lowest BCUT2D eigenvalue weighted by Crippen LogP contribution is -2.36. The molecule has 1 aromatic carbocycles. The maximum atomic E-state index is 5.68. The summed E-state index contributed by atoms with van der Waals surface area (Å²) < 4.78 is 10.8. The van der Waals surface area contributed by atoms with Gasteiger partial charge in [0.15, 0.2) is 0 Å². The van der Waals surface area contributed by atoms with Crippen LogP contribution < -0.4 is 15.2 Å². The second-order valence-electron chi connectivity index (χ2n) is 4.17. The molecule has 96 valence electrons. The lowest BCUT2D eigenvalue weighted by Gasteiger charge is -2.22. The van der Waals surface area contributed by atoms with Gasteiger partial charge in [-0.2, -0.15) is 0 Å². The van der Waals surface area contributed by atoms with Crippen LogP contribution in [0.3, 0.4) is 0 Å². The molecule has 0 saturated heterocycles. The van der Waals surface area contributed by atoms with Gasteiger partial charge in [-0.25, -0.2) is 0 Å². The molecule has 0 spiro atoms. The Bertz CT molecular complexity index is 329. The summed E-state index contributed by atoms with van der Waals surface area (Å²) in [7, 11) is 5.71. The Morgan fingerprint density at radius 3 is 2.59 bits per heavy atom. The summed E-state index contributed by atoms with van der Waals surface area (Å²) in [5, 5.41) is 0. The van der Waals surface area contributed by atoms with Crippen molar-refractivity contribution in [2.45, 2.75) is 12.5 Å². The quantitative estimate of drug-likeness (QED) is 0.779. The van der Waals surface area contributed by atoms with Crippen LogP contribution in [0.25, 0.3) is 0 Å². The average molecular weight is 238 g/mol. The first-order chi connectivity index (χ1) is 8.17. The lowest BCUT2D eigenvalue weighted by molar-refractivity contribution is 0.225. The number of hydrogen-bond acceptors (Lipinski definition) is 4. The standard InChI is InChI=1S/C13H22N2O2/c1-15(2)11(10-14)7-8-17-13-6-4-5-12(9-13)16-3/h4-6,9,11H,7-8,10,14H2,1-3H3. The van der Waals surface area contributed by atoms with E-state index >= 15 is 0 Å². The van der Waals surface area contributed by atoms with E-state index in [1.54, 1.807) is 7.11 Å². The summed E-state index contributed by atoms with van der Waals surface area (Å²) >= 11 is 0. The Balaban J connectivity index is 2.39. The van der Waals surface area contributed by atoms with E-state index in [2.05, 4.69) is 4.90 Å². The molecular weight excluding hydrogens is 216 g/mol. The molecule has 0 fully saturated rings. The van der Waals surface area contributed by atoms with Gasteiger partial charge in [0.25, 0.3) is 0 Å². The highest BCUT2D eigenvalue weighted by Gasteiger charge is 2.08. The molecule has 0 aliphatic carbocycles. The zero-order valence-electron chi connectivity index (χ0n) is 10.8. The smallest absolute Gasteiger partial charge is 0.122 e. The average Bonchev–Trinajstić information content (AvgIpc) is 2.34. The Hall–Kier alpha value is -1.26. The van der Waals surface area contributed by atoms with Crippen LogP contribution in [0.4, 0.5) is 0 Å². The Morgan fingerprint density at radius 1 is 1.29 bits per heavy atom. The fourth-order valence-electron chi connectivity index (χ4n) is 1.59. The van der Waals surface area contributed by atoms with Gasteiger partial charge < -0.3 is 20.1 Å². The van der Waals surface area contributed by atoms with Crippen LogP contribution in [0.2, 0.25) is 0 Å². The van der Waals surface area contributed by atoms with E-state index < -0.39 is 0 Å². The molecule has 1 rings (SSSR count). The van der Waals surface area contributed by atoms with Crippen LogP contribution in [0.5, 0.6) is 11.5 Å². The van der Waals surface area contributed by atoms with E-state index in [9.17, 15) is 0 Å². The maximum absolute atomic E-state index is 5.68. The molecule has 0 amide bonds. The summed E-state index contributed by atoms with van der Waals surface area (Å²) in [6.07, 6.45) is 0.917. The number of likely N-dealkylation sites (N-methyl/N-ethyl adjacent to an activating group) is 1. The monoisotopic (exact) mass is 238 g/mol. The normalized spacial score (nSPS) is 12.5. The zero-order chi connectivity index (χ0) is 12.7. The molecule has 1 unspecified atom stereocenters. The lowest BCUT2D eigenvalue weighted by atomic mass is 10.2. The number of methoxy groups -OCH3 is 1. The third kappa shape index (κ3) is 4.63. The van der Waals surface area contributed by atoms with Gasteiger partial charge in [0.1, 0.15) is 11.5 Å². The van der Waals surface area contributed by atoms with Gasteiger partial charge in [-0.3, -0.25) is 0 Å². The first-order valence-electron chi connectivity index (χ1n) is 5.80. The maximum Gasteiger partial charge on any atom is 0.122 e. The molecule has 0 aliphatic rings. The highest BCUT2D eigenvalue weighted by atomic mass is 16.5. The Morgan fingerprint density at radius 2 is 2.00 bits per heavy atom. The minimum Gasteiger partial charge on any atom is -0.497 e. The SMILES string of the molecule is COc1cccc(OCCC(CN)N(C)C)c1. The fourth-order valence-corrected chi connectivity index (χ4v) is 1.59. The van der Waals surface area contributed by atoms with E-state index in [4.69, 9.17) is 15.2 Å². The van der Waals surface area contributed by atoms with Crippen LogP contribution in [0.1, 0.15) is 6.42 Å². The molecule has 0 aliphatic heterocycles. The van der Waals surface area contributed by atoms with Crippen LogP contribution >= 0.6 is 0 Å². The molecule has 1 aromatic rings. The van der Waals surface area contributed by atoms with Gasteiger partial charge >= 0.3 is 0 Å². The van der Waals surface area contributed by atoms with Crippen LogP contribution in [0.15, 0.2) is 24.3 Å². The van der Waals surface area contributed by atoms with Crippen LogP contribution in [-0.4, -0.2) is 45.3 Å². The molecule has 0 saturated carbocycles. The van der Waals surface area contributed by atoms with E-state index in [-0.39, 0.29) is 0 Å². The third-order valence-corrected chi connectivity index (χ3v) is 2.76. The van der Waals surface area contributed by atoms with Gasteiger partial charge in [-0.1, -0.05) is 6.07 Å². The van der Waals surface area contributed by atoms with Crippen molar-refractivity contribution in [2.24, 2.45) is 5.73 Å². The van der Waals surface area contributed by atoms with Crippen molar-refractivity contribution < 1.29 is 9.47 Å². The molecule has 0 bridgehead atoms. The van der Waals surface area contributed by atoms with Crippen molar-refractivity contribution in [1.29, 1.82) is 0 Å². The number of nitrogens with zero attached hydrogens (tertiary/aromatic N) is 1. The molecule has 0 heterocycles. The minimum absolute atomic E-state index is 0.362. The van der Waals surface area contributed by atoms with Crippen molar-refractivity contribution in [3.05, 3.63) is 24.3 Å². The topological polar surface area (TPSA) is 47.7 Å².